The van der Waals surface area contributed by atoms with Crippen LogP contribution in [-0.2, 0) is 6.42 Å². The van der Waals surface area contributed by atoms with Crippen LogP contribution in [0, 0.1) is 0 Å². The van der Waals surface area contributed by atoms with Gasteiger partial charge in [0.1, 0.15) is 0 Å². The van der Waals surface area contributed by atoms with Crippen molar-refractivity contribution >= 4 is 97.0 Å². The number of fused-ring (bicyclic) bond motifs is 6. The van der Waals surface area contributed by atoms with Crippen LogP contribution in [0.2, 0.25) is 0 Å². The van der Waals surface area contributed by atoms with E-state index in [1.165, 1.54) is 108 Å². The molecule has 156 valence electrons. The molecule has 0 nitrogen and oxygen atoms in total. The molecular formula is C35H16. The second kappa shape index (κ2) is 4.85. The van der Waals surface area contributed by atoms with E-state index in [4.69, 9.17) is 0 Å². The quantitative estimate of drug-likeness (QED) is 0.208. The van der Waals surface area contributed by atoms with Crippen molar-refractivity contribution < 1.29 is 0 Å². The largest absolute Gasteiger partial charge is 0.0616 e. The molecule has 0 saturated carbocycles. The summed E-state index contributed by atoms with van der Waals surface area (Å²) < 4.78 is 0. The van der Waals surface area contributed by atoms with E-state index in [0.29, 0.717) is 0 Å². The van der Waals surface area contributed by atoms with Crippen molar-refractivity contribution in [3.63, 3.8) is 0 Å². The van der Waals surface area contributed by atoms with E-state index in [1.807, 2.05) is 0 Å². The van der Waals surface area contributed by atoms with Gasteiger partial charge in [0.05, 0.1) is 0 Å². The summed E-state index contributed by atoms with van der Waals surface area (Å²) in [5, 5.41) is 26.1. The van der Waals surface area contributed by atoms with Gasteiger partial charge >= 0.3 is 0 Å². The second-order valence-electron chi connectivity index (χ2n) is 10.8. The van der Waals surface area contributed by atoms with Crippen LogP contribution < -0.4 is 0 Å². The van der Waals surface area contributed by atoms with Crippen molar-refractivity contribution in [2.45, 2.75) is 6.42 Å². The highest BCUT2D eigenvalue weighted by Gasteiger charge is 2.31. The maximum absolute atomic E-state index is 2.53. The fourth-order valence-electron chi connectivity index (χ4n) is 8.19. The number of hydrogen-bond acceptors (Lipinski definition) is 0. The zero-order valence-corrected chi connectivity index (χ0v) is 18.8. The maximum atomic E-state index is 2.53. The molecule has 0 heteroatoms. The number of rotatable bonds is 0. The SMILES string of the molecule is c1ccc2c(c1)cc1c3cc4c5ccccc5cc5c6ccc7c8c9c(cc2c1c9c3c(c45)c68)C7. The van der Waals surface area contributed by atoms with Crippen LogP contribution >= 0.6 is 0 Å². The van der Waals surface area contributed by atoms with Crippen molar-refractivity contribution in [2.24, 2.45) is 0 Å². The molecule has 0 N–H and O–H groups in total. The van der Waals surface area contributed by atoms with E-state index in [1.54, 1.807) is 0 Å². The molecule has 1 aliphatic carbocycles. The van der Waals surface area contributed by atoms with E-state index >= 15 is 0 Å². The van der Waals surface area contributed by atoms with Gasteiger partial charge in [0.15, 0.2) is 0 Å². The van der Waals surface area contributed by atoms with Crippen LogP contribution in [0.5, 0.6) is 0 Å². The second-order valence-corrected chi connectivity index (χ2v) is 10.8. The number of hydrogen-bond donors (Lipinski definition) is 0. The summed E-state index contributed by atoms with van der Waals surface area (Å²) >= 11 is 0. The standard InChI is InChI=1S/C35H16/c1-3-7-20-17(6-1)13-25-27-15-26-21-8-4-2-5-16(21)12-24-22-10-9-18-11-19-14-23(20)30(25)34-29(19)28(18)32(22)35(31(24)26)33(27)34/h1-10,12-15H,11H2. The third kappa shape index (κ3) is 1.50. The summed E-state index contributed by atoms with van der Waals surface area (Å²) in [7, 11) is 0. The van der Waals surface area contributed by atoms with Crippen LogP contribution in [0.25, 0.3) is 97.0 Å². The predicted molar refractivity (Wildman–Crippen MR) is 152 cm³/mol. The predicted octanol–water partition coefficient (Wildman–Crippen LogP) is 9.72. The van der Waals surface area contributed by atoms with Gasteiger partial charge < -0.3 is 0 Å². The van der Waals surface area contributed by atoms with Crippen molar-refractivity contribution in [3.05, 3.63) is 96.1 Å². The molecule has 0 saturated heterocycles. The molecule has 0 amide bonds. The fraction of sp³-hybridized carbons (Fsp3) is 0.0286. The Morgan fingerprint density at radius 3 is 1.63 bits per heavy atom. The molecule has 10 aromatic carbocycles. The molecule has 0 atom stereocenters. The molecule has 0 aliphatic heterocycles. The highest BCUT2D eigenvalue weighted by atomic mass is 14.3. The molecule has 0 aromatic heterocycles. The number of benzene rings is 8. The molecular weight excluding hydrogens is 420 g/mol. The van der Waals surface area contributed by atoms with Crippen LogP contribution in [0.15, 0.2) is 84.9 Å². The van der Waals surface area contributed by atoms with Gasteiger partial charge in [0, 0.05) is 0 Å². The molecule has 0 unspecified atom stereocenters. The minimum atomic E-state index is 1.05. The van der Waals surface area contributed by atoms with Gasteiger partial charge in [-0.2, -0.15) is 0 Å². The first kappa shape index (κ1) is 16.2. The van der Waals surface area contributed by atoms with Crippen molar-refractivity contribution in [2.75, 3.05) is 0 Å². The lowest BCUT2D eigenvalue weighted by molar-refractivity contribution is 1.28. The minimum Gasteiger partial charge on any atom is -0.0616 e. The summed E-state index contributed by atoms with van der Waals surface area (Å²) in [5.41, 5.74) is 3.02. The fourth-order valence-corrected chi connectivity index (χ4v) is 8.19. The Hall–Kier alpha value is -4.42. The summed E-state index contributed by atoms with van der Waals surface area (Å²) in [6.45, 7) is 0. The Morgan fingerprint density at radius 1 is 0.314 bits per heavy atom. The summed E-state index contributed by atoms with van der Waals surface area (Å²) in [6.07, 6.45) is 1.05. The molecule has 0 heterocycles. The molecule has 1 aliphatic rings. The molecule has 0 radical (unpaired) electrons. The average Bonchev–Trinajstić information content (AvgIpc) is 3.54. The van der Waals surface area contributed by atoms with Crippen molar-refractivity contribution in [3.8, 4) is 0 Å². The topological polar surface area (TPSA) is 0 Å². The molecule has 10 aromatic rings. The van der Waals surface area contributed by atoms with Crippen molar-refractivity contribution in [1.29, 1.82) is 0 Å². The van der Waals surface area contributed by atoms with Crippen LogP contribution in [0.4, 0.5) is 0 Å². The lowest BCUT2D eigenvalue weighted by Crippen LogP contribution is -1.84. The lowest BCUT2D eigenvalue weighted by Gasteiger charge is -2.11. The van der Waals surface area contributed by atoms with Gasteiger partial charge in [0.25, 0.3) is 0 Å². The summed E-state index contributed by atoms with van der Waals surface area (Å²) in [5.74, 6) is 0. The van der Waals surface area contributed by atoms with Gasteiger partial charge in [0.2, 0.25) is 0 Å². The average molecular weight is 437 g/mol. The van der Waals surface area contributed by atoms with Gasteiger partial charge in [-0.05, 0) is 139 Å². The minimum absolute atomic E-state index is 1.05. The molecule has 0 bridgehead atoms. The van der Waals surface area contributed by atoms with E-state index in [9.17, 15) is 0 Å². The Balaban J connectivity index is 1.64. The Morgan fingerprint density at radius 2 is 0.857 bits per heavy atom. The highest BCUT2D eigenvalue weighted by Crippen LogP contribution is 2.58. The monoisotopic (exact) mass is 436 g/mol. The molecule has 35 heavy (non-hydrogen) atoms. The van der Waals surface area contributed by atoms with Gasteiger partial charge in [-0.25, -0.2) is 0 Å². The maximum Gasteiger partial charge on any atom is -0.000104 e. The first-order chi connectivity index (χ1) is 17.4. The van der Waals surface area contributed by atoms with Crippen LogP contribution in [0.1, 0.15) is 11.1 Å². The Bertz CT molecular complexity index is 2540. The normalized spacial score (nSPS) is 14.2. The van der Waals surface area contributed by atoms with Crippen LogP contribution in [0.3, 0.4) is 0 Å². The van der Waals surface area contributed by atoms with Gasteiger partial charge in [-0.1, -0.05) is 60.7 Å². The van der Waals surface area contributed by atoms with E-state index in [2.05, 4.69) is 84.9 Å². The first-order valence-corrected chi connectivity index (χ1v) is 12.6. The van der Waals surface area contributed by atoms with E-state index in [-0.39, 0.29) is 0 Å². The molecule has 0 fully saturated rings. The molecule has 11 rings (SSSR count). The Labute approximate surface area is 199 Å². The third-order valence-electron chi connectivity index (χ3n) is 9.38. The smallest absolute Gasteiger partial charge is 0.000104 e. The van der Waals surface area contributed by atoms with E-state index in [0.717, 1.165) is 6.42 Å². The zero-order valence-electron chi connectivity index (χ0n) is 18.8. The van der Waals surface area contributed by atoms with Crippen LogP contribution in [-0.4, -0.2) is 0 Å². The van der Waals surface area contributed by atoms with Gasteiger partial charge in [-0.15, -0.1) is 0 Å². The first-order valence-electron chi connectivity index (χ1n) is 12.6. The molecule has 0 spiro atoms. The highest BCUT2D eigenvalue weighted by molar-refractivity contribution is 6.55. The lowest BCUT2D eigenvalue weighted by atomic mass is 9.91. The van der Waals surface area contributed by atoms with E-state index < -0.39 is 0 Å². The van der Waals surface area contributed by atoms with Crippen molar-refractivity contribution in [1.82, 2.24) is 0 Å². The Kier molecular flexibility index (Phi) is 2.25. The summed E-state index contributed by atoms with van der Waals surface area (Å²) in [6, 6.07) is 32.7. The summed E-state index contributed by atoms with van der Waals surface area (Å²) in [4.78, 5) is 0. The van der Waals surface area contributed by atoms with Gasteiger partial charge in [-0.3, -0.25) is 0 Å². The third-order valence-corrected chi connectivity index (χ3v) is 9.38. The zero-order chi connectivity index (χ0) is 22.2.